The molecule has 2 aliphatic rings. The summed E-state index contributed by atoms with van der Waals surface area (Å²) in [5.41, 5.74) is -0.639. The molecule has 9 heteroatoms. The van der Waals surface area contributed by atoms with Crippen molar-refractivity contribution in [3.8, 4) is 0 Å². The van der Waals surface area contributed by atoms with Crippen LogP contribution in [0.2, 0.25) is 0 Å². The van der Waals surface area contributed by atoms with Gasteiger partial charge in [0.05, 0.1) is 0 Å². The normalized spacial score (nSPS) is 18.6. The Labute approximate surface area is 136 Å². The number of rotatable bonds is 4. The fraction of sp³-hybridized carbons (Fsp3) is 0.429. The van der Waals surface area contributed by atoms with E-state index in [4.69, 9.17) is 17.5 Å². The SMILES string of the molecule is C=CC1(CC)N=CC=N1.C=CC1(CC)N=CC=N1.O=S(=O)(O)O. The van der Waals surface area contributed by atoms with Crippen LogP contribution in [-0.2, 0) is 10.4 Å². The van der Waals surface area contributed by atoms with Crippen LogP contribution in [-0.4, -0.2) is 53.7 Å². The lowest BCUT2D eigenvalue weighted by molar-refractivity contribution is 0.381. The maximum Gasteiger partial charge on any atom is 0.394 e. The molecule has 0 aromatic carbocycles. The molecule has 0 atom stereocenters. The molecule has 2 N–H and O–H groups in total. The summed E-state index contributed by atoms with van der Waals surface area (Å²) in [5.74, 6) is 0. The Kier molecular flexibility index (Phi) is 8.44. The van der Waals surface area contributed by atoms with Crippen molar-refractivity contribution in [3.05, 3.63) is 25.3 Å². The second-order valence-electron chi connectivity index (χ2n) is 4.43. The summed E-state index contributed by atoms with van der Waals surface area (Å²) in [5, 5.41) is 0. The molecule has 128 valence electrons. The van der Waals surface area contributed by atoms with E-state index in [0.29, 0.717) is 0 Å². The van der Waals surface area contributed by atoms with Crippen molar-refractivity contribution in [3.63, 3.8) is 0 Å². The van der Waals surface area contributed by atoms with E-state index in [1.54, 1.807) is 37.0 Å². The summed E-state index contributed by atoms with van der Waals surface area (Å²) in [7, 11) is -4.67. The summed E-state index contributed by atoms with van der Waals surface area (Å²) in [6.45, 7) is 11.4. The van der Waals surface area contributed by atoms with Gasteiger partial charge in [-0.3, -0.25) is 29.1 Å². The highest BCUT2D eigenvalue weighted by Gasteiger charge is 2.22. The van der Waals surface area contributed by atoms with Crippen LogP contribution >= 0.6 is 0 Å². The van der Waals surface area contributed by atoms with Crippen LogP contribution in [0.15, 0.2) is 45.3 Å². The highest BCUT2D eigenvalue weighted by molar-refractivity contribution is 7.79. The van der Waals surface area contributed by atoms with Gasteiger partial charge in [-0.25, -0.2) is 0 Å². The van der Waals surface area contributed by atoms with Gasteiger partial charge in [0.1, 0.15) is 0 Å². The van der Waals surface area contributed by atoms with Crippen LogP contribution in [0.25, 0.3) is 0 Å². The second kappa shape index (κ2) is 9.23. The first kappa shape index (κ1) is 21.0. The van der Waals surface area contributed by atoms with Crippen LogP contribution in [0.1, 0.15) is 26.7 Å². The molecule has 2 rings (SSSR count). The van der Waals surface area contributed by atoms with Crippen molar-refractivity contribution in [1.29, 1.82) is 0 Å². The van der Waals surface area contributed by atoms with Gasteiger partial charge < -0.3 is 0 Å². The highest BCUT2D eigenvalue weighted by atomic mass is 32.3. The van der Waals surface area contributed by atoms with Crippen molar-refractivity contribution in [1.82, 2.24) is 0 Å². The monoisotopic (exact) mass is 342 g/mol. The van der Waals surface area contributed by atoms with Crippen LogP contribution in [0, 0.1) is 0 Å². The molecule has 0 saturated carbocycles. The maximum atomic E-state index is 8.74. The first-order chi connectivity index (χ1) is 10.7. The molecule has 0 saturated heterocycles. The molecule has 0 aliphatic carbocycles. The zero-order valence-corrected chi connectivity index (χ0v) is 14.0. The summed E-state index contributed by atoms with van der Waals surface area (Å²) < 4.78 is 31.6. The van der Waals surface area contributed by atoms with Crippen molar-refractivity contribution in [2.75, 3.05) is 0 Å². The van der Waals surface area contributed by atoms with Gasteiger partial charge in [-0.2, -0.15) is 8.42 Å². The Hall–Kier alpha value is -1.97. The molecule has 0 aromatic heterocycles. The zero-order valence-electron chi connectivity index (χ0n) is 13.2. The molecule has 8 nitrogen and oxygen atoms in total. The van der Waals surface area contributed by atoms with Gasteiger partial charge in [0, 0.05) is 24.9 Å². The van der Waals surface area contributed by atoms with Gasteiger partial charge in [0.2, 0.25) is 0 Å². The molecule has 0 unspecified atom stereocenters. The number of aliphatic imine (C=N–C) groups is 4. The van der Waals surface area contributed by atoms with Crippen LogP contribution in [0.4, 0.5) is 0 Å². The molecule has 0 aromatic rings. The lowest BCUT2D eigenvalue weighted by Crippen LogP contribution is -2.15. The topological polar surface area (TPSA) is 124 Å². The fourth-order valence-corrected chi connectivity index (χ4v) is 1.58. The molecule has 0 fully saturated rings. The smallest absolute Gasteiger partial charge is 0.264 e. The standard InChI is InChI=1S/2C7H10N2.H2O4S/c2*1-3-7(4-2)8-5-6-9-7;1-5(2,3)4/h2*3,5-6H,1,4H2,2H3;(H2,1,2,3,4). The van der Waals surface area contributed by atoms with Crippen molar-refractivity contribution >= 4 is 35.3 Å². The van der Waals surface area contributed by atoms with E-state index in [0.717, 1.165) is 12.8 Å². The van der Waals surface area contributed by atoms with E-state index in [-0.39, 0.29) is 11.3 Å². The quantitative estimate of drug-likeness (QED) is 0.600. The number of hydrogen-bond donors (Lipinski definition) is 2. The predicted molar refractivity (Wildman–Crippen MR) is 94.6 cm³/mol. The van der Waals surface area contributed by atoms with E-state index in [1.807, 2.05) is 13.8 Å². The highest BCUT2D eigenvalue weighted by Crippen LogP contribution is 2.20. The first-order valence-corrected chi connectivity index (χ1v) is 8.20. The molecule has 2 heterocycles. The molecule has 2 aliphatic heterocycles. The van der Waals surface area contributed by atoms with E-state index in [1.165, 1.54) is 0 Å². The molecular weight excluding hydrogens is 320 g/mol. The van der Waals surface area contributed by atoms with Gasteiger partial charge in [-0.05, 0) is 25.0 Å². The minimum absolute atomic E-state index is 0.319. The third-order valence-electron chi connectivity index (χ3n) is 3.02. The Morgan fingerprint density at radius 3 is 1.17 bits per heavy atom. The van der Waals surface area contributed by atoms with Crippen molar-refractivity contribution in [2.24, 2.45) is 20.0 Å². The van der Waals surface area contributed by atoms with Gasteiger partial charge in [0.25, 0.3) is 0 Å². The van der Waals surface area contributed by atoms with Crippen LogP contribution < -0.4 is 0 Å². The second-order valence-corrected chi connectivity index (χ2v) is 5.33. The summed E-state index contributed by atoms with van der Waals surface area (Å²) in [6, 6.07) is 0. The largest absolute Gasteiger partial charge is 0.394 e. The Morgan fingerprint density at radius 1 is 0.870 bits per heavy atom. The lowest BCUT2D eigenvalue weighted by atomic mass is 10.1. The van der Waals surface area contributed by atoms with Gasteiger partial charge in [-0.1, -0.05) is 27.0 Å². The molecular formula is C14H22N4O4S. The molecule has 0 radical (unpaired) electrons. The van der Waals surface area contributed by atoms with E-state index in [9.17, 15) is 0 Å². The minimum atomic E-state index is -4.67. The van der Waals surface area contributed by atoms with Crippen molar-refractivity contribution < 1.29 is 17.5 Å². The average molecular weight is 342 g/mol. The average Bonchev–Trinajstić information content (AvgIpc) is 3.16. The molecule has 0 bridgehead atoms. The number of hydrogen-bond acceptors (Lipinski definition) is 6. The van der Waals surface area contributed by atoms with Crippen LogP contribution in [0.5, 0.6) is 0 Å². The van der Waals surface area contributed by atoms with E-state index < -0.39 is 10.4 Å². The third kappa shape index (κ3) is 8.29. The summed E-state index contributed by atoms with van der Waals surface area (Å²) >= 11 is 0. The van der Waals surface area contributed by atoms with E-state index in [2.05, 4.69) is 33.1 Å². The number of nitrogens with zero attached hydrogens (tertiary/aromatic N) is 4. The zero-order chi connectivity index (χ0) is 18.0. The fourth-order valence-electron chi connectivity index (χ4n) is 1.58. The third-order valence-corrected chi connectivity index (χ3v) is 3.02. The maximum absolute atomic E-state index is 8.74. The molecule has 23 heavy (non-hydrogen) atoms. The Balaban J connectivity index is 0.000000332. The van der Waals surface area contributed by atoms with Gasteiger partial charge in [-0.15, -0.1) is 0 Å². The summed E-state index contributed by atoms with van der Waals surface area (Å²) in [6.07, 6.45) is 12.2. The van der Waals surface area contributed by atoms with Crippen LogP contribution in [0.3, 0.4) is 0 Å². The van der Waals surface area contributed by atoms with E-state index >= 15 is 0 Å². The summed E-state index contributed by atoms with van der Waals surface area (Å²) in [4.78, 5) is 16.6. The van der Waals surface area contributed by atoms with Gasteiger partial charge >= 0.3 is 10.4 Å². The van der Waals surface area contributed by atoms with Crippen molar-refractivity contribution in [2.45, 2.75) is 38.0 Å². The lowest BCUT2D eigenvalue weighted by Gasteiger charge is -2.14. The molecule has 0 amide bonds. The predicted octanol–water partition coefficient (Wildman–Crippen LogP) is 2.21. The Bertz CT molecular complexity index is 549. The van der Waals surface area contributed by atoms with Gasteiger partial charge in [0.15, 0.2) is 11.3 Å². The minimum Gasteiger partial charge on any atom is -0.264 e. The Morgan fingerprint density at radius 2 is 1.09 bits per heavy atom. The first-order valence-electron chi connectivity index (χ1n) is 6.81. The molecule has 0 spiro atoms.